The van der Waals surface area contributed by atoms with Crippen molar-refractivity contribution in [1.82, 2.24) is 14.5 Å². The number of nitrogens with zero attached hydrogens (tertiary/aromatic N) is 3. The van der Waals surface area contributed by atoms with Gasteiger partial charge in [-0.1, -0.05) is 6.92 Å². The minimum atomic E-state index is -0.340. The number of aliphatic hydroxyl groups excluding tert-OH is 1. The number of benzene rings is 1. The SMILES string of the molecule is Cc1cc2ncn(CC(O)CN3CCC(C)CC3)c2cc1C. The van der Waals surface area contributed by atoms with Gasteiger partial charge in [-0.2, -0.15) is 0 Å². The minimum Gasteiger partial charge on any atom is -0.390 e. The topological polar surface area (TPSA) is 41.3 Å². The van der Waals surface area contributed by atoms with Crippen LogP contribution >= 0.6 is 0 Å². The fourth-order valence-electron chi connectivity index (χ4n) is 3.29. The number of aromatic nitrogens is 2. The van der Waals surface area contributed by atoms with Crippen LogP contribution in [0.5, 0.6) is 0 Å². The van der Waals surface area contributed by atoms with E-state index < -0.39 is 0 Å². The van der Waals surface area contributed by atoms with Crippen LogP contribution in [0.15, 0.2) is 18.5 Å². The van der Waals surface area contributed by atoms with Gasteiger partial charge in [0.1, 0.15) is 0 Å². The van der Waals surface area contributed by atoms with E-state index in [9.17, 15) is 5.11 Å². The third-order valence-corrected chi connectivity index (χ3v) is 4.99. The highest BCUT2D eigenvalue weighted by atomic mass is 16.3. The molecule has 2 heterocycles. The summed E-state index contributed by atoms with van der Waals surface area (Å²) in [7, 11) is 0. The number of imidazole rings is 1. The Bertz CT molecular complexity index is 641. The molecule has 1 N–H and O–H groups in total. The van der Waals surface area contributed by atoms with Crippen LogP contribution in [0.3, 0.4) is 0 Å². The molecule has 1 aliphatic heterocycles. The number of rotatable bonds is 4. The molecule has 2 aromatic rings. The molecule has 0 radical (unpaired) electrons. The molecule has 4 heteroatoms. The summed E-state index contributed by atoms with van der Waals surface area (Å²) < 4.78 is 2.08. The summed E-state index contributed by atoms with van der Waals surface area (Å²) in [5.41, 5.74) is 4.67. The van der Waals surface area contributed by atoms with Crippen molar-refractivity contribution in [3.05, 3.63) is 29.6 Å². The van der Waals surface area contributed by atoms with Crippen molar-refractivity contribution in [2.45, 2.75) is 46.3 Å². The molecule has 0 saturated carbocycles. The van der Waals surface area contributed by atoms with Gasteiger partial charge in [-0.05, 0) is 69.0 Å². The van der Waals surface area contributed by atoms with Gasteiger partial charge in [-0.3, -0.25) is 0 Å². The highest BCUT2D eigenvalue weighted by Crippen LogP contribution is 2.19. The third kappa shape index (κ3) is 3.33. The molecule has 120 valence electrons. The Hall–Kier alpha value is -1.39. The molecule has 0 spiro atoms. The number of fused-ring (bicyclic) bond motifs is 1. The Morgan fingerprint density at radius 2 is 1.86 bits per heavy atom. The molecular weight excluding hydrogens is 274 g/mol. The first-order chi connectivity index (χ1) is 10.5. The fourth-order valence-corrected chi connectivity index (χ4v) is 3.29. The van der Waals surface area contributed by atoms with Crippen molar-refractivity contribution in [3.8, 4) is 0 Å². The summed E-state index contributed by atoms with van der Waals surface area (Å²) >= 11 is 0. The molecule has 0 aliphatic carbocycles. The van der Waals surface area contributed by atoms with Crippen LogP contribution in [-0.4, -0.2) is 45.3 Å². The predicted molar refractivity (Wildman–Crippen MR) is 90.1 cm³/mol. The van der Waals surface area contributed by atoms with Crippen LogP contribution in [0, 0.1) is 19.8 Å². The maximum atomic E-state index is 10.4. The van der Waals surface area contributed by atoms with Gasteiger partial charge in [0.15, 0.2) is 0 Å². The van der Waals surface area contributed by atoms with E-state index in [4.69, 9.17) is 0 Å². The standard InChI is InChI=1S/C18H27N3O/c1-13-4-6-20(7-5-13)10-16(22)11-21-12-19-17-8-14(2)15(3)9-18(17)21/h8-9,12-13,16,22H,4-7,10-11H2,1-3H3. The van der Waals surface area contributed by atoms with Crippen LogP contribution in [0.4, 0.5) is 0 Å². The van der Waals surface area contributed by atoms with Crippen molar-refractivity contribution in [2.24, 2.45) is 5.92 Å². The highest BCUT2D eigenvalue weighted by molar-refractivity contribution is 5.77. The zero-order valence-corrected chi connectivity index (χ0v) is 13.9. The van der Waals surface area contributed by atoms with Crippen molar-refractivity contribution < 1.29 is 5.11 Å². The van der Waals surface area contributed by atoms with Crippen LogP contribution in [-0.2, 0) is 6.54 Å². The van der Waals surface area contributed by atoms with E-state index in [1.807, 2.05) is 6.33 Å². The van der Waals surface area contributed by atoms with E-state index in [1.165, 1.54) is 24.0 Å². The van der Waals surface area contributed by atoms with E-state index in [0.717, 1.165) is 36.6 Å². The van der Waals surface area contributed by atoms with E-state index in [1.54, 1.807) is 0 Å². The highest BCUT2D eigenvalue weighted by Gasteiger charge is 2.19. The molecule has 1 aliphatic rings. The Balaban J connectivity index is 1.66. The van der Waals surface area contributed by atoms with Gasteiger partial charge in [-0.25, -0.2) is 4.98 Å². The Morgan fingerprint density at radius 1 is 1.18 bits per heavy atom. The van der Waals surface area contributed by atoms with Crippen LogP contribution in [0.25, 0.3) is 11.0 Å². The first kappa shape index (κ1) is 15.5. The zero-order chi connectivity index (χ0) is 15.7. The number of β-amino-alcohol motifs (C(OH)–C–C–N with tert-alkyl or cyclic N) is 1. The summed E-state index contributed by atoms with van der Waals surface area (Å²) in [6.45, 7) is 10.2. The second-order valence-corrected chi connectivity index (χ2v) is 6.96. The normalized spacial score (nSPS) is 18.9. The monoisotopic (exact) mass is 301 g/mol. The van der Waals surface area contributed by atoms with Gasteiger partial charge < -0.3 is 14.6 Å². The molecule has 1 fully saturated rings. The summed E-state index contributed by atoms with van der Waals surface area (Å²) in [5.74, 6) is 0.831. The minimum absolute atomic E-state index is 0.340. The Kier molecular flexibility index (Phi) is 4.50. The van der Waals surface area contributed by atoms with E-state index in [0.29, 0.717) is 6.54 Å². The van der Waals surface area contributed by atoms with Gasteiger partial charge >= 0.3 is 0 Å². The maximum absolute atomic E-state index is 10.4. The quantitative estimate of drug-likeness (QED) is 0.944. The summed E-state index contributed by atoms with van der Waals surface area (Å²) in [6, 6.07) is 4.30. The van der Waals surface area contributed by atoms with E-state index >= 15 is 0 Å². The number of aliphatic hydroxyl groups is 1. The summed E-state index contributed by atoms with van der Waals surface area (Å²) in [5, 5.41) is 10.4. The first-order valence-corrected chi connectivity index (χ1v) is 8.35. The number of likely N-dealkylation sites (tertiary alicyclic amines) is 1. The lowest BCUT2D eigenvalue weighted by Gasteiger charge is -2.31. The van der Waals surface area contributed by atoms with Crippen molar-refractivity contribution in [3.63, 3.8) is 0 Å². The molecular formula is C18H27N3O. The molecule has 1 saturated heterocycles. The zero-order valence-electron chi connectivity index (χ0n) is 13.9. The van der Waals surface area contributed by atoms with Gasteiger partial charge in [0.25, 0.3) is 0 Å². The molecule has 0 bridgehead atoms. The molecule has 1 atom stereocenters. The molecule has 4 nitrogen and oxygen atoms in total. The fraction of sp³-hybridized carbons (Fsp3) is 0.611. The van der Waals surface area contributed by atoms with Gasteiger partial charge in [0.2, 0.25) is 0 Å². The lowest BCUT2D eigenvalue weighted by molar-refractivity contribution is 0.0809. The number of hydrogen-bond donors (Lipinski definition) is 1. The first-order valence-electron chi connectivity index (χ1n) is 8.35. The summed E-state index contributed by atoms with van der Waals surface area (Å²) in [4.78, 5) is 6.86. The molecule has 22 heavy (non-hydrogen) atoms. The number of piperidine rings is 1. The number of hydrogen-bond acceptors (Lipinski definition) is 3. The van der Waals surface area contributed by atoms with Gasteiger partial charge in [0.05, 0.1) is 30.0 Å². The largest absolute Gasteiger partial charge is 0.390 e. The second-order valence-electron chi connectivity index (χ2n) is 6.96. The van der Waals surface area contributed by atoms with Gasteiger partial charge in [-0.15, -0.1) is 0 Å². The second kappa shape index (κ2) is 6.39. The molecule has 1 aromatic carbocycles. The Labute approximate surface area is 132 Å². The average molecular weight is 301 g/mol. The average Bonchev–Trinajstić information content (AvgIpc) is 2.84. The lowest BCUT2D eigenvalue weighted by atomic mass is 9.99. The van der Waals surface area contributed by atoms with E-state index in [2.05, 4.69) is 47.4 Å². The third-order valence-electron chi connectivity index (χ3n) is 4.99. The molecule has 3 rings (SSSR count). The predicted octanol–water partition coefficient (Wildman–Crippen LogP) is 2.75. The molecule has 1 aromatic heterocycles. The summed E-state index contributed by atoms with van der Waals surface area (Å²) in [6.07, 6.45) is 4.01. The number of aryl methyl sites for hydroxylation is 2. The van der Waals surface area contributed by atoms with Crippen molar-refractivity contribution in [1.29, 1.82) is 0 Å². The van der Waals surface area contributed by atoms with E-state index in [-0.39, 0.29) is 6.10 Å². The van der Waals surface area contributed by atoms with Crippen LogP contribution < -0.4 is 0 Å². The molecule has 0 amide bonds. The van der Waals surface area contributed by atoms with Gasteiger partial charge in [0, 0.05) is 6.54 Å². The van der Waals surface area contributed by atoms with Crippen molar-refractivity contribution in [2.75, 3.05) is 19.6 Å². The lowest BCUT2D eigenvalue weighted by Crippen LogP contribution is -2.39. The Morgan fingerprint density at radius 3 is 2.59 bits per heavy atom. The smallest absolute Gasteiger partial charge is 0.0959 e. The molecule has 1 unspecified atom stereocenters. The maximum Gasteiger partial charge on any atom is 0.0959 e. The van der Waals surface area contributed by atoms with Crippen LogP contribution in [0.1, 0.15) is 30.9 Å². The van der Waals surface area contributed by atoms with Crippen molar-refractivity contribution >= 4 is 11.0 Å². The van der Waals surface area contributed by atoms with Crippen LogP contribution in [0.2, 0.25) is 0 Å².